The summed E-state index contributed by atoms with van der Waals surface area (Å²) in [5.74, 6) is -2.39. The lowest BCUT2D eigenvalue weighted by atomic mass is 10.00. The molecule has 0 spiro atoms. The van der Waals surface area contributed by atoms with Crippen LogP contribution in [0.5, 0.6) is 0 Å². The molecule has 4 rings (SSSR count). The lowest BCUT2D eigenvalue weighted by Gasteiger charge is -2.30. The molecule has 1 amide bonds. The number of hydrogen-bond acceptors (Lipinski definition) is 4. The van der Waals surface area contributed by atoms with Gasteiger partial charge < -0.3 is 4.90 Å². The van der Waals surface area contributed by atoms with E-state index in [0.29, 0.717) is 30.6 Å². The Morgan fingerprint density at radius 3 is 2.88 bits per heavy atom. The number of benzene rings is 1. The fourth-order valence-corrected chi connectivity index (χ4v) is 2.99. The third kappa shape index (κ3) is 2.65. The molecular formula is C17H13F2N5O. The van der Waals surface area contributed by atoms with Gasteiger partial charge in [0.2, 0.25) is 0 Å². The average molecular weight is 341 g/mol. The van der Waals surface area contributed by atoms with Crippen molar-refractivity contribution in [3.8, 4) is 5.69 Å². The Balaban J connectivity index is 1.74. The van der Waals surface area contributed by atoms with Gasteiger partial charge in [0, 0.05) is 12.7 Å². The van der Waals surface area contributed by atoms with Crippen molar-refractivity contribution in [1.29, 1.82) is 0 Å². The highest BCUT2D eigenvalue weighted by molar-refractivity contribution is 6.06. The molecule has 6 nitrogen and oxygen atoms in total. The molecule has 0 N–H and O–H groups in total. The first kappa shape index (κ1) is 15.4. The second-order valence-corrected chi connectivity index (χ2v) is 5.71. The summed E-state index contributed by atoms with van der Waals surface area (Å²) in [6, 6.07) is 4.21. The number of amides is 1. The van der Waals surface area contributed by atoms with E-state index in [1.165, 1.54) is 34.2 Å². The molecule has 0 bridgehead atoms. The van der Waals surface area contributed by atoms with Crippen LogP contribution in [0, 0.1) is 11.6 Å². The van der Waals surface area contributed by atoms with Gasteiger partial charge in [-0.25, -0.2) is 13.5 Å². The maximum atomic E-state index is 14.3. The van der Waals surface area contributed by atoms with Gasteiger partial charge in [-0.15, -0.1) is 5.10 Å². The van der Waals surface area contributed by atoms with Crippen molar-refractivity contribution in [2.45, 2.75) is 12.8 Å². The number of nitrogens with zero attached hydrogens (tertiary/aromatic N) is 5. The third-order valence-corrected chi connectivity index (χ3v) is 4.15. The van der Waals surface area contributed by atoms with E-state index in [0.717, 1.165) is 6.07 Å². The first-order valence-electron chi connectivity index (χ1n) is 7.75. The van der Waals surface area contributed by atoms with Gasteiger partial charge in [-0.05, 0) is 30.5 Å². The van der Waals surface area contributed by atoms with Crippen LogP contribution < -0.4 is 4.90 Å². The average Bonchev–Trinajstić information content (AvgIpc) is 3.19. The van der Waals surface area contributed by atoms with Crippen molar-refractivity contribution in [1.82, 2.24) is 20.0 Å². The van der Waals surface area contributed by atoms with Crippen molar-refractivity contribution in [3.05, 3.63) is 65.7 Å². The molecule has 0 unspecified atom stereocenters. The number of aryl methyl sites for hydroxylation is 1. The summed E-state index contributed by atoms with van der Waals surface area (Å²) in [5, 5.41) is 7.57. The summed E-state index contributed by atoms with van der Waals surface area (Å²) in [4.78, 5) is 18.2. The van der Waals surface area contributed by atoms with E-state index in [9.17, 15) is 13.6 Å². The van der Waals surface area contributed by atoms with Gasteiger partial charge in [0.15, 0.2) is 11.6 Å². The zero-order valence-electron chi connectivity index (χ0n) is 13.1. The molecule has 0 aliphatic carbocycles. The summed E-state index contributed by atoms with van der Waals surface area (Å²) in [6.07, 6.45) is 7.35. The molecule has 3 heterocycles. The smallest absolute Gasteiger partial charge is 0.260 e. The zero-order chi connectivity index (χ0) is 17.4. The van der Waals surface area contributed by atoms with Crippen LogP contribution in [-0.2, 0) is 6.42 Å². The van der Waals surface area contributed by atoms with Crippen molar-refractivity contribution < 1.29 is 13.6 Å². The van der Waals surface area contributed by atoms with Crippen LogP contribution in [0.2, 0.25) is 0 Å². The number of carbonyl (C=O) groups is 1. The molecule has 8 heteroatoms. The fraction of sp³-hybridized carbons (Fsp3) is 0.176. The molecule has 0 fully saturated rings. The molecule has 1 aliphatic heterocycles. The van der Waals surface area contributed by atoms with Crippen LogP contribution in [0.3, 0.4) is 0 Å². The van der Waals surface area contributed by atoms with Gasteiger partial charge in [-0.1, -0.05) is 11.3 Å². The highest BCUT2D eigenvalue weighted by Gasteiger charge is 2.28. The summed E-state index contributed by atoms with van der Waals surface area (Å²) in [7, 11) is 0. The normalized spacial score (nSPS) is 13.6. The Morgan fingerprint density at radius 2 is 2.08 bits per heavy atom. The summed E-state index contributed by atoms with van der Waals surface area (Å²) >= 11 is 0. The van der Waals surface area contributed by atoms with Gasteiger partial charge in [0.25, 0.3) is 5.91 Å². The van der Waals surface area contributed by atoms with E-state index in [4.69, 9.17) is 0 Å². The predicted molar refractivity (Wildman–Crippen MR) is 85.5 cm³/mol. The molecule has 2 aromatic heterocycles. The molecule has 126 valence electrons. The minimum absolute atomic E-state index is 0.0161. The Morgan fingerprint density at radius 1 is 1.20 bits per heavy atom. The number of rotatable bonds is 2. The topological polar surface area (TPSA) is 63.9 Å². The highest BCUT2D eigenvalue weighted by Crippen LogP contribution is 2.32. The SMILES string of the molecule is O=C(c1cncc(-n2ccnn2)c1)N1CCCc2ccc(F)c(F)c21. The first-order chi connectivity index (χ1) is 12.1. The number of halogens is 2. The van der Waals surface area contributed by atoms with E-state index in [1.54, 1.807) is 12.3 Å². The zero-order valence-corrected chi connectivity index (χ0v) is 13.1. The van der Waals surface area contributed by atoms with Crippen LogP contribution in [-0.4, -0.2) is 32.4 Å². The third-order valence-electron chi connectivity index (χ3n) is 4.15. The predicted octanol–water partition coefficient (Wildman–Crippen LogP) is 2.53. The van der Waals surface area contributed by atoms with Gasteiger partial charge in [-0.3, -0.25) is 9.78 Å². The van der Waals surface area contributed by atoms with Crippen molar-refractivity contribution in [2.24, 2.45) is 0 Å². The highest BCUT2D eigenvalue weighted by atomic mass is 19.2. The maximum absolute atomic E-state index is 14.3. The molecule has 1 aliphatic rings. The molecule has 0 radical (unpaired) electrons. The monoisotopic (exact) mass is 341 g/mol. The quantitative estimate of drug-likeness (QED) is 0.718. The minimum atomic E-state index is -0.994. The number of pyridine rings is 1. The molecule has 0 atom stereocenters. The molecule has 0 saturated heterocycles. The van der Waals surface area contributed by atoms with E-state index >= 15 is 0 Å². The minimum Gasteiger partial charge on any atom is -0.305 e. The number of aromatic nitrogens is 4. The van der Waals surface area contributed by atoms with Crippen LogP contribution >= 0.6 is 0 Å². The summed E-state index contributed by atoms with van der Waals surface area (Å²) in [6.45, 7) is 0.319. The number of anilines is 1. The van der Waals surface area contributed by atoms with Crippen LogP contribution in [0.25, 0.3) is 5.69 Å². The standard InChI is InChI=1S/C17H13F2N5O/c18-14-4-3-11-2-1-6-23(16(11)15(14)19)17(25)12-8-13(10-20-9-12)24-7-5-21-22-24/h3-5,7-10H,1-2,6H2. The van der Waals surface area contributed by atoms with E-state index < -0.39 is 17.5 Å². The molecule has 3 aromatic rings. The molecule has 25 heavy (non-hydrogen) atoms. The van der Waals surface area contributed by atoms with Gasteiger partial charge >= 0.3 is 0 Å². The van der Waals surface area contributed by atoms with Crippen molar-refractivity contribution in [3.63, 3.8) is 0 Å². The Hall–Kier alpha value is -3.16. The van der Waals surface area contributed by atoms with Crippen LogP contribution in [0.15, 0.2) is 43.0 Å². The van der Waals surface area contributed by atoms with Gasteiger partial charge in [0.1, 0.15) is 0 Å². The Labute approximate surface area is 141 Å². The Kier molecular flexibility index (Phi) is 3.72. The Bertz CT molecular complexity index is 942. The largest absolute Gasteiger partial charge is 0.305 e. The van der Waals surface area contributed by atoms with Crippen molar-refractivity contribution >= 4 is 11.6 Å². The molecule has 1 aromatic carbocycles. The fourth-order valence-electron chi connectivity index (χ4n) is 2.99. The number of carbonyl (C=O) groups excluding carboxylic acids is 1. The van der Waals surface area contributed by atoms with Crippen LogP contribution in [0.4, 0.5) is 14.5 Å². The molecule has 0 saturated carbocycles. The number of hydrogen-bond donors (Lipinski definition) is 0. The van der Waals surface area contributed by atoms with E-state index in [-0.39, 0.29) is 11.3 Å². The summed E-state index contributed by atoms with van der Waals surface area (Å²) < 4.78 is 29.4. The van der Waals surface area contributed by atoms with Gasteiger partial charge in [0.05, 0.1) is 35.5 Å². The van der Waals surface area contributed by atoms with Gasteiger partial charge in [-0.2, -0.15) is 0 Å². The van der Waals surface area contributed by atoms with E-state index in [1.807, 2.05) is 0 Å². The number of fused-ring (bicyclic) bond motifs is 1. The van der Waals surface area contributed by atoms with Crippen molar-refractivity contribution in [2.75, 3.05) is 11.4 Å². The lowest BCUT2D eigenvalue weighted by molar-refractivity contribution is 0.0983. The maximum Gasteiger partial charge on any atom is 0.260 e. The second kappa shape index (κ2) is 6.04. The second-order valence-electron chi connectivity index (χ2n) is 5.71. The van der Waals surface area contributed by atoms with Crippen LogP contribution in [0.1, 0.15) is 22.3 Å². The summed E-state index contributed by atoms with van der Waals surface area (Å²) in [5.41, 5.74) is 1.46. The molecular weight excluding hydrogens is 328 g/mol. The van der Waals surface area contributed by atoms with E-state index in [2.05, 4.69) is 15.3 Å². The lowest BCUT2D eigenvalue weighted by Crippen LogP contribution is -2.36. The first-order valence-corrected chi connectivity index (χ1v) is 7.75.